The van der Waals surface area contributed by atoms with Crippen LogP contribution in [0.5, 0.6) is 0 Å². The summed E-state index contributed by atoms with van der Waals surface area (Å²) in [7, 11) is 0. The van der Waals surface area contributed by atoms with Crippen molar-refractivity contribution in [2.24, 2.45) is 17.8 Å². The minimum absolute atomic E-state index is 0.00594. The third-order valence-corrected chi connectivity index (χ3v) is 6.78. The summed E-state index contributed by atoms with van der Waals surface area (Å²) < 4.78 is 6.06. The van der Waals surface area contributed by atoms with Crippen LogP contribution in [-0.4, -0.2) is 30.3 Å². The van der Waals surface area contributed by atoms with Gasteiger partial charge in [-0.1, -0.05) is 41.9 Å². The number of hydrogen-bond donors (Lipinski definition) is 1. The Labute approximate surface area is 206 Å². The number of aryl methyl sites for hydroxylation is 1. The monoisotopic (exact) mass is 524 g/mol. The highest BCUT2D eigenvalue weighted by atomic mass is 79.9. The van der Waals surface area contributed by atoms with Crippen LogP contribution in [-0.2, 0) is 25.5 Å². The fourth-order valence-corrected chi connectivity index (χ4v) is 4.93. The number of halogens is 1. The molecule has 0 unspecified atom stereocenters. The zero-order valence-electron chi connectivity index (χ0n) is 18.9. The highest BCUT2D eigenvalue weighted by Crippen LogP contribution is 2.40. The van der Waals surface area contributed by atoms with Gasteiger partial charge in [-0.05, 0) is 66.8 Å². The van der Waals surface area contributed by atoms with E-state index in [1.54, 1.807) is 18.2 Å². The standard InChI is InChI=1S/C26H25BrN2O5/c1-3-16-13-18(27)9-12-21(16)28-22(30)14-34-26(33)17-7-10-19(11-8-17)29-24(31)20-6-4-5-15(2)23(20)25(29)32/h4-5,7-13,15,20,23H,3,6,14H2,1-2H3,(H,28,30)/t15-,20+,23-/m0/s1. The van der Waals surface area contributed by atoms with Crippen LogP contribution in [0.25, 0.3) is 0 Å². The Kier molecular flexibility index (Phi) is 6.97. The van der Waals surface area contributed by atoms with Crippen LogP contribution < -0.4 is 10.2 Å². The third kappa shape index (κ3) is 4.68. The molecule has 1 fully saturated rings. The second kappa shape index (κ2) is 9.93. The Morgan fingerprint density at radius 2 is 1.85 bits per heavy atom. The first-order chi connectivity index (χ1) is 16.3. The molecule has 176 valence electrons. The van der Waals surface area contributed by atoms with E-state index in [1.165, 1.54) is 17.0 Å². The van der Waals surface area contributed by atoms with Crippen molar-refractivity contribution < 1.29 is 23.9 Å². The third-order valence-electron chi connectivity index (χ3n) is 6.29. The van der Waals surface area contributed by atoms with E-state index in [0.29, 0.717) is 17.8 Å². The Morgan fingerprint density at radius 1 is 1.12 bits per heavy atom. The number of hydrogen-bond acceptors (Lipinski definition) is 5. The van der Waals surface area contributed by atoms with Gasteiger partial charge in [-0.15, -0.1) is 0 Å². The van der Waals surface area contributed by atoms with E-state index >= 15 is 0 Å². The van der Waals surface area contributed by atoms with Crippen LogP contribution >= 0.6 is 15.9 Å². The smallest absolute Gasteiger partial charge is 0.338 e. The molecule has 3 amide bonds. The Bertz CT molecular complexity index is 1170. The average molecular weight is 525 g/mol. The molecule has 0 spiro atoms. The molecule has 1 aliphatic heterocycles. The van der Waals surface area contributed by atoms with Crippen molar-refractivity contribution in [3.05, 3.63) is 70.2 Å². The maximum absolute atomic E-state index is 12.9. The minimum atomic E-state index is -0.668. The molecule has 0 saturated carbocycles. The van der Waals surface area contributed by atoms with Gasteiger partial charge in [-0.25, -0.2) is 4.79 Å². The van der Waals surface area contributed by atoms with Gasteiger partial charge in [0.1, 0.15) is 0 Å². The molecular formula is C26H25BrN2O5. The zero-order chi connectivity index (χ0) is 24.4. The van der Waals surface area contributed by atoms with Crippen molar-refractivity contribution in [2.75, 3.05) is 16.8 Å². The first-order valence-corrected chi connectivity index (χ1v) is 12.0. The number of anilines is 2. The van der Waals surface area contributed by atoms with Crippen LogP contribution in [0, 0.1) is 17.8 Å². The largest absolute Gasteiger partial charge is 0.452 e. The lowest BCUT2D eigenvalue weighted by molar-refractivity contribution is -0.123. The van der Waals surface area contributed by atoms with Crippen molar-refractivity contribution in [1.82, 2.24) is 0 Å². The lowest BCUT2D eigenvalue weighted by Crippen LogP contribution is -2.31. The molecule has 7 nitrogen and oxygen atoms in total. The summed E-state index contributed by atoms with van der Waals surface area (Å²) in [6.45, 7) is 3.49. The summed E-state index contributed by atoms with van der Waals surface area (Å²) in [5, 5.41) is 2.76. The average Bonchev–Trinajstić information content (AvgIpc) is 3.09. The van der Waals surface area contributed by atoms with Gasteiger partial charge >= 0.3 is 5.97 Å². The quantitative estimate of drug-likeness (QED) is 0.341. The topological polar surface area (TPSA) is 92.8 Å². The number of imide groups is 1. The van der Waals surface area contributed by atoms with Gasteiger partial charge < -0.3 is 10.1 Å². The number of nitrogens with zero attached hydrogens (tertiary/aromatic N) is 1. The van der Waals surface area contributed by atoms with Crippen molar-refractivity contribution in [3.63, 3.8) is 0 Å². The fraction of sp³-hybridized carbons (Fsp3) is 0.308. The molecule has 0 bridgehead atoms. The van der Waals surface area contributed by atoms with E-state index in [9.17, 15) is 19.2 Å². The lowest BCUT2D eigenvalue weighted by Gasteiger charge is -2.22. The van der Waals surface area contributed by atoms with Gasteiger partial charge in [-0.2, -0.15) is 0 Å². The van der Waals surface area contributed by atoms with E-state index < -0.39 is 18.5 Å². The molecule has 0 radical (unpaired) electrons. The van der Waals surface area contributed by atoms with Crippen LogP contribution in [0.1, 0.15) is 36.2 Å². The molecule has 8 heteroatoms. The molecule has 1 heterocycles. The van der Waals surface area contributed by atoms with Crippen LogP contribution in [0.15, 0.2) is 59.1 Å². The summed E-state index contributed by atoms with van der Waals surface area (Å²) in [6.07, 6.45) is 5.23. The van der Waals surface area contributed by atoms with Crippen LogP contribution in [0.3, 0.4) is 0 Å². The summed E-state index contributed by atoms with van der Waals surface area (Å²) in [5.74, 6) is -2.21. The molecule has 0 aromatic heterocycles. The predicted molar refractivity (Wildman–Crippen MR) is 131 cm³/mol. The molecule has 2 aromatic rings. The molecule has 1 aliphatic carbocycles. The normalized spacial score (nSPS) is 21.4. The molecule has 3 atom stereocenters. The summed E-state index contributed by atoms with van der Waals surface area (Å²) in [6, 6.07) is 11.6. The first-order valence-electron chi connectivity index (χ1n) is 11.2. The summed E-state index contributed by atoms with van der Waals surface area (Å²) in [5.41, 5.74) is 2.27. The van der Waals surface area contributed by atoms with Gasteiger partial charge in [0.05, 0.1) is 23.1 Å². The zero-order valence-corrected chi connectivity index (χ0v) is 20.5. The number of amides is 3. The Balaban J connectivity index is 1.37. The molecular weight excluding hydrogens is 500 g/mol. The predicted octanol–water partition coefficient (Wildman–Crippen LogP) is 4.51. The highest BCUT2D eigenvalue weighted by molar-refractivity contribution is 9.10. The molecule has 2 aromatic carbocycles. The van der Waals surface area contributed by atoms with Crippen molar-refractivity contribution >= 4 is 51.0 Å². The van der Waals surface area contributed by atoms with Gasteiger partial charge in [0, 0.05) is 10.2 Å². The molecule has 1 saturated heterocycles. The highest BCUT2D eigenvalue weighted by Gasteiger charge is 2.50. The molecule has 34 heavy (non-hydrogen) atoms. The SMILES string of the molecule is CCc1cc(Br)ccc1NC(=O)COC(=O)c1ccc(N2C(=O)[C@H]3[C@@H](C)C=CC[C@H]3C2=O)cc1. The van der Waals surface area contributed by atoms with Crippen molar-refractivity contribution in [3.8, 4) is 0 Å². The summed E-state index contributed by atoms with van der Waals surface area (Å²) in [4.78, 5) is 51.6. The molecule has 4 rings (SSSR count). The van der Waals surface area contributed by atoms with Crippen molar-refractivity contribution in [2.45, 2.75) is 26.7 Å². The Morgan fingerprint density at radius 3 is 2.53 bits per heavy atom. The number of ether oxygens (including phenoxy) is 1. The van der Waals surface area contributed by atoms with Gasteiger partial charge in [0.2, 0.25) is 11.8 Å². The van der Waals surface area contributed by atoms with E-state index in [2.05, 4.69) is 21.2 Å². The van der Waals surface area contributed by atoms with E-state index in [0.717, 1.165) is 16.5 Å². The number of nitrogens with one attached hydrogen (secondary N) is 1. The molecule has 1 N–H and O–H groups in total. The van der Waals surface area contributed by atoms with Crippen molar-refractivity contribution in [1.29, 1.82) is 0 Å². The second-order valence-corrected chi connectivity index (χ2v) is 9.41. The second-order valence-electron chi connectivity index (χ2n) is 8.49. The fourth-order valence-electron chi connectivity index (χ4n) is 4.53. The first kappa shape index (κ1) is 23.9. The van der Waals surface area contributed by atoms with Crippen LogP contribution in [0.2, 0.25) is 0 Å². The molecule has 2 aliphatic rings. The number of carbonyl (C=O) groups is 4. The number of allylic oxidation sites excluding steroid dienone is 2. The Hall–Kier alpha value is -3.26. The van der Waals surface area contributed by atoms with Gasteiger partial charge in [0.25, 0.3) is 5.91 Å². The number of carbonyl (C=O) groups excluding carboxylic acids is 4. The van der Waals surface area contributed by atoms with E-state index in [4.69, 9.17) is 4.74 Å². The number of fused-ring (bicyclic) bond motifs is 1. The maximum atomic E-state index is 12.9. The minimum Gasteiger partial charge on any atom is -0.452 e. The van der Waals surface area contributed by atoms with Gasteiger partial charge in [-0.3, -0.25) is 19.3 Å². The van der Waals surface area contributed by atoms with Crippen LogP contribution in [0.4, 0.5) is 11.4 Å². The van der Waals surface area contributed by atoms with Gasteiger partial charge in [0.15, 0.2) is 6.61 Å². The van der Waals surface area contributed by atoms with E-state index in [-0.39, 0.29) is 35.1 Å². The number of benzene rings is 2. The van der Waals surface area contributed by atoms with E-state index in [1.807, 2.05) is 38.1 Å². The lowest BCUT2D eigenvalue weighted by atomic mass is 9.78. The summed E-state index contributed by atoms with van der Waals surface area (Å²) >= 11 is 3.41. The number of esters is 1. The maximum Gasteiger partial charge on any atom is 0.338 e. The number of rotatable bonds is 6.